The van der Waals surface area contributed by atoms with Crippen molar-refractivity contribution in [2.24, 2.45) is 11.8 Å². The summed E-state index contributed by atoms with van der Waals surface area (Å²) in [6.07, 6.45) is 9.33. The highest BCUT2D eigenvalue weighted by Crippen LogP contribution is 2.33. The van der Waals surface area contributed by atoms with Crippen LogP contribution in [-0.4, -0.2) is 5.33 Å². The maximum atomic E-state index is 3.47. The van der Waals surface area contributed by atoms with Gasteiger partial charge in [-0.15, -0.1) is 0 Å². The number of hydrogen-bond acceptors (Lipinski definition) is 0. The molecule has 1 aliphatic rings. The molecule has 1 saturated carbocycles. The Bertz CT molecular complexity index is 172. The predicted molar refractivity (Wildman–Crippen MR) is 63.3 cm³/mol. The van der Waals surface area contributed by atoms with Crippen molar-refractivity contribution in [3.05, 3.63) is 11.6 Å². The van der Waals surface area contributed by atoms with E-state index in [1.54, 1.807) is 5.57 Å². The average molecular weight is 245 g/mol. The Morgan fingerprint density at radius 3 is 2.85 bits per heavy atom. The quantitative estimate of drug-likeness (QED) is 0.505. The van der Waals surface area contributed by atoms with Crippen LogP contribution < -0.4 is 0 Å². The first-order valence-electron chi connectivity index (χ1n) is 5.46. The van der Waals surface area contributed by atoms with Crippen LogP contribution in [0.15, 0.2) is 11.6 Å². The van der Waals surface area contributed by atoms with Crippen molar-refractivity contribution in [1.29, 1.82) is 0 Å². The summed E-state index contributed by atoms with van der Waals surface area (Å²) in [4.78, 5) is 0. The number of rotatable bonds is 3. The molecule has 1 aliphatic carbocycles. The molecule has 0 spiro atoms. The summed E-state index contributed by atoms with van der Waals surface area (Å²) in [5, 5.41) is 1.10. The normalized spacial score (nSPS) is 30.5. The monoisotopic (exact) mass is 244 g/mol. The van der Waals surface area contributed by atoms with Crippen molar-refractivity contribution in [2.45, 2.75) is 46.0 Å². The zero-order valence-corrected chi connectivity index (χ0v) is 10.4. The average Bonchev–Trinajstić information content (AvgIpc) is 2.14. The third-order valence-electron chi connectivity index (χ3n) is 3.16. The topological polar surface area (TPSA) is 0 Å². The van der Waals surface area contributed by atoms with Crippen molar-refractivity contribution in [2.75, 3.05) is 5.33 Å². The van der Waals surface area contributed by atoms with Crippen LogP contribution in [0.4, 0.5) is 0 Å². The smallest absolute Gasteiger partial charge is 0.00660 e. The van der Waals surface area contributed by atoms with Crippen molar-refractivity contribution >= 4 is 15.9 Å². The van der Waals surface area contributed by atoms with Crippen LogP contribution in [-0.2, 0) is 0 Å². The molecule has 0 aliphatic heterocycles. The summed E-state index contributed by atoms with van der Waals surface area (Å²) in [5.41, 5.74) is 1.63. The molecule has 1 fully saturated rings. The van der Waals surface area contributed by atoms with Crippen LogP contribution in [0, 0.1) is 11.8 Å². The van der Waals surface area contributed by atoms with Crippen molar-refractivity contribution in [1.82, 2.24) is 0 Å². The highest BCUT2D eigenvalue weighted by atomic mass is 79.9. The molecule has 0 heterocycles. The molecule has 13 heavy (non-hydrogen) atoms. The number of alkyl halides is 1. The summed E-state index contributed by atoms with van der Waals surface area (Å²) >= 11 is 3.47. The Kier molecular flexibility index (Phi) is 5.08. The molecule has 76 valence electrons. The van der Waals surface area contributed by atoms with Gasteiger partial charge in [0.1, 0.15) is 0 Å². The fraction of sp³-hybridized carbons (Fsp3) is 0.833. The fourth-order valence-electron chi connectivity index (χ4n) is 2.30. The lowest BCUT2D eigenvalue weighted by Gasteiger charge is -2.27. The van der Waals surface area contributed by atoms with E-state index in [4.69, 9.17) is 0 Å². The standard InChI is InChI=1S/C12H21Br/c1-10-5-3-7-12(9-10)11(2)6-4-8-13/h6,10,12H,3-5,7-9H2,1-2H3. The Balaban J connectivity index is 2.40. The Morgan fingerprint density at radius 1 is 1.46 bits per heavy atom. The predicted octanol–water partition coefficient (Wildman–Crippen LogP) is 4.54. The summed E-state index contributed by atoms with van der Waals surface area (Å²) in [6.45, 7) is 4.70. The molecule has 0 nitrogen and oxygen atoms in total. The summed E-state index contributed by atoms with van der Waals surface area (Å²) in [7, 11) is 0. The maximum absolute atomic E-state index is 3.47. The summed E-state index contributed by atoms with van der Waals surface area (Å²) in [5.74, 6) is 1.84. The van der Waals surface area contributed by atoms with Gasteiger partial charge in [0, 0.05) is 5.33 Å². The van der Waals surface area contributed by atoms with Crippen molar-refractivity contribution in [3.63, 3.8) is 0 Å². The van der Waals surface area contributed by atoms with Gasteiger partial charge < -0.3 is 0 Å². The van der Waals surface area contributed by atoms with Crippen molar-refractivity contribution in [3.8, 4) is 0 Å². The lowest BCUT2D eigenvalue weighted by Crippen LogP contribution is -2.14. The second-order valence-corrected chi connectivity index (χ2v) is 5.19. The second-order valence-electron chi connectivity index (χ2n) is 4.39. The first-order chi connectivity index (χ1) is 6.24. The van der Waals surface area contributed by atoms with E-state index in [2.05, 4.69) is 35.9 Å². The van der Waals surface area contributed by atoms with Crippen LogP contribution in [0.3, 0.4) is 0 Å². The molecular formula is C12H21Br. The third-order valence-corrected chi connectivity index (χ3v) is 3.61. The molecule has 2 atom stereocenters. The Hall–Kier alpha value is 0.220. The lowest BCUT2D eigenvalue weighted by atomic mass is 9.79. The molecule has 0 amide bonds. The minimum Gasteiger partial charge on any atom is -0.0925 e. The second kappa shape index (κ2) is 5.85. The van der Waals surface area contributed by atoms with Crippen molar-refractivity contribution < 1.29 is 0 Å². The van der Waals surface area contributed by atoms with Gasteiger partial charge in [-0.25, -0.2) is 0 Å². The summed E-state index contributed by atoms with van der Waals surface area (Å²) < 4.78 is 0. The first-order valence-corrected chi connectivity index (χ1v) is 6.58. The van der Waals surface area contributed by atoms with Crippen LogP contribution >= 0.6 is 15.9 Å². The van der Waals surface area contributed by atoms with Gasteiger partial charge in [0.25, 0.3) is 0 Å². The number of allylic oxidation sites excluding steroid dienone is 2. The van der Waals surface area contributed by atoms with E-state index < -0.39 is 0 Å². The molecule has 2 unspecified atom stereocenters. The Labute approximate surface area is 90.9 Å². The molecule has 0 radical (unpaired) electrons. The molecule has 1 rings (SSSR count). The van der Waals surface area contributed by atoms with E-state index in [1.807, 2.05) is 0 Å². The van der Waals surface area contributed by atoms with E-state index in [-0.39, 0.29) is 0 Å². The molecule has 0 aromatic carbocycles. The van der Waals surface area contributed by atoms with Gasteiger partial charge in [-0.05, 0) is 38.0 Å². The number of halogens is 1. The van der Waals surface area contributed by atoms with Crippen LogP contribution in [0.2, 0.25) is 0 Å². The molecule has 0 bridgehead atoms. The third kappa shape index (κ3) is 3.84. The van der Waals surface area contributed by atoms with Gasteiger partial charge >= 0.3 is 0 Å². The highest BCUT2D eigenvalue weighted by Gasteiger charge is 2.19. The molecular weight excluding hydrogens is 224 g/mol. The minimum atomic E-state index is 0.891. The van der Waals surface area contributed by atoms with Gasteiger partial charge in [-0.2, -0.15) is 0 Å². The largest absolute Gasteiger partial charge is 0.0925 e. The Morgan fingerprint density at radius 2 is 2.23 bits per heavy atom. The van der Waals surface area contributed by atoms with E-state index in [9.17, 15) is 0 Å². The lowest BCUT2D eigenvalue weighted by molar-refractivity contribution is 0.314. The molecule has 0 aromatic heterocycles. The van der Waals surface area contributed by atoms with Gasteiger partial charge in [0.15, 0.2) is 0 Å². The molecule has 1 heteroatoms. The zero-order valence-electron chi connectivity index (χ0n) is 8.85. The highest BCUT2D eigenvalue weighted by molar-refractivity contribution is 9.09. The SMILES string of the molecule is CC(=CCCBr)C1CCCC(C)C1. The van der Waals surface area contributed by atoms with Crippen LogP contribution in [0.5, 0.6) is 0 Å². The van der Waals surface area contributed by atoms with Crippen LogP contribution in [0.25, 0.3) is 0 Å². The van der Waals surface area contributed by atoms with E-state index >= 15 is 0 Å². The molecule has 0 aromatic rings. The molecule has 0 saturated heterocycles. The summed E-state index contributed by atoms with van der Waals surface area (Å²) in [6, 6.07) is 0. The van der Waals surface area contributed by atoms with E-state index in [1.165, 1.54) is 32.1 Å². The molecule has 0 N–H and O–H groups in total. The van der Waals surface area contributed by atoms with Gasteiger partial charge in [-0.1, -0.05) is 47.3 Å². The van der Waals surface area contributed by atoms with E-state index in [0.717, 1.165) is 17.2 Å². The van der Waals surface area contributed by atoms with Gasteiger partial charge in [-0.3, -0.25) is 0 Å². The fourth-order valence-corrected chi connectivity index (χ4v) is 2.53. The van der Waals surface area contributed by atoms with Gasteiger partial charge in [0.05, 0.1) is 0 Å². The minimum absolute atomic E-state index is 0.891. The first kappa shape index (κ1) is 11.3. The van der Waals surface area contributed by atoms with Gasteiger partial charge in [0.2, 0.25) is 0 Å². The zero-order chi connectivity index (χ0) is 9.68. The number of hydrogen-bond donors (Lipinski definition) is 0. The van der Waals surface area contributed by atoms with E-state index in [0.29, 0.717) is 0 Å². The maximum Gasteiger partial charge on any atom is 0.00660 e. The van der Waals surface area contributed by atoms with Crippen LogP contribution in [0.1, 0.15) is 46.0 Å².